The molecule has 2 saturated carbocycles. The Labute approximate surface area is 112 Å². The molecule has 2 N–H and O–H groups in total. The number of nitrogens with zero attached hydrogens (tertiary/aromatic N) is 1. The number of aliphatic imine (C=N–C) groups is 1. The molecule has 0 heterocycles. The van der Waals surface area contributed by atoms with Crippen molar-refractivity contribution in [3.63, 3.8) is 0 Å². The van der Waals surface area contributed by atoms with Crippen molar-refractivity contribution in [1.29, 1.82) is 0 Å². The van der Waals surface area contributed by atoms with Gasteiger partial charge in [0.1, 0.15) is 0 Å². The van der Waals surface area contributed by atoms with Crippen LogP contribution in [0.4, 0.5) is 0 Å². The van der Waals surface area contributed by atoms with E-state index in [1.165, 1.54) is 51.4 Å². The predicted octanol–water partition coefficient (Wildman–Crippen LogP) is 2.92. The van der Waals surface area contributed by atoms with E-state index in [1.807, 2.05) is 7.05 Å². The Hall–Kier alpha value is -0.730. The molecule has 2 aliphatic rings. The van der Waals surface area contributed by atoms with Crippen molar-refractivity contribution >= 4 is 5.96 Å². The molecule has 0 spiro atoms. The zero-order valence-electron chi connectivity index (χ0n) is 12.0. The van der Waals surface area contributed by atoms with Crippen molar-refractivity contribution in [2.45, 2.75) is 64.3 Å². The number of hydrogen-bond acceptors (Lipinski definition) is 1. The molecule has 2 aliphatic carbocycles. The highest BCUT2D eigenvalue weighted by Gasteiger charge is 2.21. The fourth-order valence-corrected chi connectivity index (χ4v) is 2.96. The van der Waals surface area contributed by atoms with E-state index < -0.39 is 0 Å². The summed E-state index contributed by atoms with van der Waals surface area (Å²) >= 11 is 0. The zero-order valence-corrected chi connectivity index (χ0v) is 12.0. The minimum absolute atomic E-state index is 0.628. The molecule has 0 aromatic rings. The van der Waals surface area contributed by atoms with Gasteiger partial charge in [-0.15, -0.1) is 0 Å². The molecule has 2 unspecified atom stereocenters. The lowest BCUT2D eigenvalue weighted by atomic mass is 9.87. The number of guanidine groups is 1. The second kappa shape index (κ2) is 7.01. The quantitative estimate of drug-likeness (QED) is 0.448. The SMILES string of the molecule is CN=C(NCCCC1CC1)NC1CCCC(C)C1. The Morgan fingerprint density at radius 3 is 2.72 bits per heavy atom. The second-order valence-corrected chi connectivity index (χ2v) is 6.20. The zero-order chi connectivity index (χ0) is 12.8. The molecule has 0 bridgehead atoms. The van der Waals surface area contributed by atoms with Gasteiger partial charge in [0, 0.05) is 19.6 Å². The lowest BCUT2D eigenvalue weighted by Gasteiger charge is -2.28. The maximum absolute atomic E-state index is 4.33. The third kappa shape index (κ3) is 4.87. The molecule has 0 amide bonds. The average molecular weight is 251 g/mol. The van der Waals surface area contributed by atoms with Crippen molar-refractivity contribution in [3.8, 4) is 0 Å². The Kier molecular flexibility index (Phi) is 5.33. The van der Waals surface area contributed by atoms with E-state index in [-0.39, 0.29) is 0 Å². The van der Waals surface area contributed by atoms with Crippen molar-refractivity contribution in [3.05, 3.63) is 0 Å². The third-order valence-corrected chi connectivity index (χ3v) is 4.28. The van der Waals surface area contributed by atoms with Crippen molar-refractivity contribution in [2.24, 2.45) is 16.8 Å². The van der Waals surface area contributed by atoms with Crippen LogP contribution in [0.1, 0.15) is 58.3 Å². The van der Waals surface area contributed by atoms with Gasteiger partial charge in [-0.25, -0.2) is 0 Å². The molecule has 0 radical (unpaired) electrons. The Morgan fingerprint density at radius 1 is 1.22 bits per heavy atom. The van der Waals surface area contributed by atoms with Crippen LogP contribution in [0.5, 0.6) is 0 Å². The van der Waals surface area contributed by atoms with E-state index >= 15 is 0 Å². The van der Waals surface area contributed by atoms with E-state index in [4.69, 9.17) is 0 Å². The summed E-state index contributed by atoms with van der Waals surface area (Å²) < 4.78 is 0. The van der Waals surface area contributed by atoms with Crippen LogP contribution >= 0.6 is 0 Å². The maximum Gasteiger partial charge on any atom is 0.191 e. The Bertz CT molecular complexity index is 271. The van der Waals surface area contributed by atoms with Crippen LogP contribution in [0.15, 0.2) is 4.99 Å². The average Bonchev–Trinajstić information content (AvgIpc) is 3.17. The Balaban J connectivity index is 1.61. The lowest BCUT2D eigenvalue weighted by Crippen LogP contribution is -2.45. The van der Waals surface area contributed by atoms with E-state index in [9.17, 15) is 0 Å². The monoisotopic (exact) mass is 251 g/mol. The molecule has 0 aromatic carbocycles. The summed E-state index contributed by atoms with van der Waals surface area (Å²) in [5.41, 5.74) is 0. The Morgan fingerprint density at radius 2 is 2.06 bits per heavy atom. The lowest BCUT2D eigenvalue weighted by molar-refractivity contribution is 0.324. The van der Waals surface area contributed by atoms with Crippen molar-refractivity contribution < 1.29 is 0 Å². The van der Waals surface area contributed by atoms with Crippen LogP contribution < -0.4 is 10.6 Å². The fraction of sp³-hybridized carbons (Fsp3) is 0.933. The summed E-state index contributed by atoms with van der Waals surface area (Å²) in [6.45, 7) is 3.43. The molecule has 2 fully saturated rings. The summed E-state index contributed by atoms with van der Waals surface area (Å²) in [6, 6.07) is 0.628. The largest absolute Gasteiger partial charge is 0.356 e. The highest BCUT2D eigenvalue weighted by molar-refractivity contribution is 5.79. The molecule has 3 nitrogen and oxygen atoms in total. The smallest absolute Gasteiger partial charge is 0.191 e. The van der Waals surface area contributed by atoms with Gasteiger partial charge in [0.15, 0.2) is 5.96 Å². The van der Waals surface area contributed by atoms with E-state index in [2.05, 4.69) is 22.5 Å². The first kappa shape index (κ1) is 13.7. The third-order valence-electron chi connectivity index (χ3n) is 4.28. The molecular weight excluding hydrogens is 222 g/mol. The van der Waals surface area contributed by atoms with Gasteiger partial charge in [0.2, 0.25) is 0 Å². The number of nitrogens with one attached hydrogen (secondary N) is 2. The first-order valence-electron chi connectivity index (χ1n) is 7.75. The van der Waals surface area contributed by atoms with Gasteiger partial charge in [-0.05, 0) is 37.5 Å². The van der Waals surface area contributed by atoms with Crippen molar-refractivity contribution in [1.82, 2.24) is 10.6 Å². The summed E-state index contributed by atoms with van der Waals surface area (Å²) in [4.78, 5) is 4.33. The molecule has 2 rings (SSSR count). The highest BCUT2D eigenvalue weighted by atomic mass is 15.2. The molecule has 104 valence electrons. The molecule has 3 heteroatoms. The van der Waals surface area contributed by atoms with Crippen LogP contribution in [-0.2, 0) is 0 Å². The van der Waals surface area contributed by atoms with Gasteiger partial charge in [-0.1, -0.05) is 32.6 Å². The van der Waals surface area contributed by atoms with Gasteiger partial charge >= 0.3 is 0 Å². The predicted molar refractivity (Wildman–Crippen MR) is 77.9 cm³/mol. The van der Waals surface area contributed by atoms with Gasteiger partial charge < -0.3 is 10.6 Å². The van der Waals surface area contributed by atoms with Crippen LogP contribution in [0.2, 0.25) is 0 Å². The number of hydrogen-bond donors (Lipinski definition) is 2. The van der Waals surface area contributed by atoms with E-state index in [0.29, 0.717) is 6.04 Å². The number of rotatable bonds is 5. The normalized spacial score (nSPS) is 29.1. The summed E-state index contributed by atoms with van der Waals surface area (Å²) in [5, 5.41) is 7.03. The van der Waals surface area contributed by atoms with Crippen LogP contribution in [0.3, 0.4) is 0 Å². The molecule has 2 atom stereocenters. The minimum Gasteiger partial charge on any atom is -0.356 e. The molecule has 0 aliphatic heterocycles. The minimum atomic E-state index is 0.628. The molecular formula is C15H29N3. The summed E-state index contributed by atoms with van der Waals surface area (Å²) in [5.74, 6) is 2.91. The van der Waals surface area contributed by atoms with Crippen molar-refractivity contribution in [2.75, 3.05) is 13.6 Å². The first-order valence-corrected chi connectivity index (χ1v) is 7.75. The highest BCUT2D eigenvalue weighted by Crippen LogP contribution is 2.33. The van der Waals surface area contributed by atoms with Crippen LogP contribution in [-0.4, -0.2) is 25.6 Å². The first-order chi connectivity index (χ1) is 8.78. The molecule has 0 saturated heterocycles. The molecule has 18 heavy (non-hydrogen) atoms. The van der Waals surface area contributed by atoms with E-state index in [1.54, 1.807) is 0 Å². The van der Waals surface area contributed by atoms with Crippen LogP contribution in [0, 0.1) is 11.8 Å². The van der Waals surface area contributed by atoms with Crippen LogP contribution in [0.25, 0.3) is 0 Å². The van der Waals surface area contributed by atoms with Gasteiger partial charge in [0.25, 0.3) is 0 Å². The van der Waals surface area contributed by atoms with E-state index in [0.717, 1.165) is 24.3 Å². The fourth-order valence-electron chi connectivity index (χ4n) is 2.96. The molecule has 0 aromatic heterocycles. The van der Waals surface area contributed by atoms with Gasteiger partial charge in [0.05, 0.1) is 0 Å². The van der Waals surface area contributed by atoms with Gasteiger partial charge in [-0.2, -0.15) is 0 Å². The summed E-state index contributed by atoms with van der Waals surface area (Å²) in [6.07, 6.45) is 11.0. The maximum atomic E-state index is 4.33. The standard InChI is InChI=1S/C15H29N3/c1-12-5-3-7-14(11-12)18-15(16-2)17-10-4-6-13-8-9-13/h12-14H,3-11H2,1-2H3,(H2,16,17,18). The topological polar surface area (TPSA) is 36.4 Å². The summed E-state index contributed by atoms with van der Waals surface area (Å²) in [7, 11) is 1.88. The van der Waals surface area contributed by atoms with Gasteiger partial charge in [-0.3, -0.25) is 4.99 Å². The second-order valence-electron chi connectivity index (χ2n) is 6.20.